The summed E-state index contributed by atoms with van der Waals surface area (Å²) in [6.45, 7) is 2.39. The summed E-state index contributed by atoms with van der Waals surface area (Å²) in [5.74, 6) is 0.825. The Hall–Kier alpha value is -3.85. The van der Waals surface area contributed by atoms with Gasteiger partial charge < -0.3 is 25.1 Å². The van der Waals surface area contributed by atoms with Gasteiger partial charge in [-0.05, 0) is 42.8 Å². The number of rotatable bonds is 8. The van der Waals surface area contributed by atoms with Crippen LogP contribution in [0.1, 0.15) is 21.6 Å². The summed E-state index contributed by atoms with van der Waals surface area (Å²) in [5, 5.41) is 5.92. The lowest BCUT2D eigenvalue weighted by atomic mass is 10.2. The molecule has 0 unspecified atom stereocenters. The summed E-state index contributed by atoms with van der Waals surface area (Å²) < 4.78 is 12.8. The largest absolute Gasteiger partial charge is 0.493 e. The third-order valence-electron chi connectivity index (χ3n) is 5.10. The average Bonchev–Trinajstić information content (AvgIpc) is 3.39. The molecule has 164 valence electrons. The van der Waals surface area contributed by atoms with Crippen molar-refractivity contribution in [3.05, 3.63) is 71.0 Å². The first-order chi connectivity index (χ1) is 15.5. The molecule has 0 fully saturated rings. The number of hydrogen-bond acceptors (Lipinski definition) is 7. The van der Waals surface area contributed by atoms with Crippen LogP contribution in [0.3, 0.4) is 0 Å². The van der Waals surface area contributed by atoms with Gasteiger partial charge in [0, 0.05) is 23.8 Å². The number of benzene rings is 1. The van der Waals surface area contributed by atoms with Gasteiger partial charge in [-0.15, -0.1) is 11.3 Å². The van der Waals surface area contributed by atoms with Gasteiger partial charge in [-0.3, -0.25) is 9.78 Å². The minimum Gasteiger partial charge on any atom is -0.493 e. The SMILES string of the molecule is COc1ccc(Cn2c(-c3csc(Nc4cccnc4)n3)cc(C(N)=O)c2C)cc1OC. The van der Waals surface area contributed by atoms with Crippen LogP contribution in [0.15, 0.2) is 54.2 Å². The van der Waals surface area contributed by atoms with Crippen LogP contribution in [0.5, 0.6) is 11.5 Å². The Morgan fingerprint density at radius 2 is 2.00 bits per heavy atom. The van der Waals surface area contributed by atoms with Gasteiger partial charge in [-0.25, -0.2) is 4.98 Å². The lowest BCUT2D eigenvalue weighted by Crippen LogP contribution is -2.12. The molecule has 0 radical (unpaired) electrons. The highest BCUT2D eigenvalue weighted by Crippen LogP contribution is 2.32. The Balaban J connectivity index is 1.70. The van der Waals surface area contributed by atoms with Gasteiger partial charge in [-0.1, -0.05) is 6.07 Å². The summed E-state index contributed by atoms with van der Waals surface area (Å²) >= 11 is 1.47. The van der Waals surface area contributed by atoms with Gasteiger partial charge >= 0.3 is 0 Å². The molecule has 0 atom stereocenters. The van der Waals surface area contributed by atoms with Crippen LogP contribution < -0.4 is 20.5 Å². The predicted molar refractivity (Wildman–Crippen MR) is 125 cm³/mol. The zero-order valence-corrected chi connectivity index (χ0v) is 18.8. The number of pyridine rings is 1. The molecular weight excluding hydrogens is 426 g/mol. The van der Waals surface area contributed by atoms with Gasteiger partial charge in [0.2, 0.25) is 0 Å². The third-order valence-corrected chi connectivity index (χ3v) is 5.86. The lowest BCUT2D eigenvalue weighted by molar-refractivity contribution is 0.0999. The van der Waals surface area contributed by atoms with Gasteiger partial charge in [-0.2, -0.15) is 0 Å². The number of primary amides is 1. The number of hydrogen-bond donors (Lipinski definition) is 2. The van der Waals surface area contributed by atoms with Crippen molar-refractivity contribution >= 4 is 28.1 Å². The van der Waals surface area contributed by atoms with Crippen LogP contribution >= 0.6 is 11.3 Å². The van der Waals surface area contributed by atoms with Crippen molar-refractivity contribution in [2.45, 2.75) is 13.5 Å². The van der Waals surface area contributed by atoms with E-state index < -0.39 is 5.91 Å². The van der Waals surface area contributed by atoms with E-state index >= 15 is 0 Å². The second-order valence-electron chi connectivity index (χ2n) is 7.07. The van der Waals surface area contributed by atoms with E-state index in [4.69, 9.17) is 20.2 Å². The fourth-order valence-electron chi connectivity index (χ4n) is 3.48. The summed E-state index contributed by atoms with van der Waals surface area (Å²) in [6.07, 6.45) is 3.45. The minimum absolute atomic E-state index is 0.468. The molecule has 0 saturated carbocycles. The number of nitrogens with one attached hydrogen (secondary N) is 1. The molecule has 8 nitrogen and oxygen atoms in total. The van der Waals surface area contributed by atoms with Crippen molar-refractivity contribution < 1.29 is 14.3 Å². The number of thiazole rings is 1. The summed E-state index contributed by atoms with van der Waals surface area (Å²) in [5.41, 5.74) is 10.3. The molecule has 0 aliphatic heterocycles. The molecule has 0 bridgehead atoms. The van der Waals surface area contributed by atoms with Crippen molar-refractivity contribution in [3.8, 4) is 22.9 Å². The van der Waals surface area contributed by atoms with E-state index in [0.29, 0.717) is 23.6 Å². The van der Waals surface area contributed by atoms with Crippen LogP contribution in [0.25, 0.3) is 11.4 Å². The topological polar surface area (TPSA) is 104 Å². The first-order valence-corrected chi connectivity index (χ1v) is 10.7. The smallest absolute Gasteiger partial charge is 0.250 e. The molecule has 9 heteroatoms. The molecule has 0 aliphatic carbocycles. The minimum atomic E-state index is -0.473. The van der Waals surface area contributed by atoms with E-state index in [9.17, 15) is 4.79 Å². The zero-order valence-electron chi connectivity index (χ0n) is 18.0. The fraction of sp³-hybridized carbons (Fsp3) is 0.174. The predicted octanol–water partition coefficient (Wildman–Crippen LogP) is 4.22. The average molecular weight is 450 g/mol. The number of nitrogens with two attached hydrogens (primary N) is 1. The fourth-order valence-corrected chi connectivity index (χ4v) is 4.21. The van der Waals surface area contributed by atoms with Crippen LogP contribution in [-0.4, -0.2) is 34.7 Å². The van der Waals surface area contributed by atoms with E-state index in [1.165, 1.54) is 11.3 Å². The molecule has 3 heterocycles. The van der Waals surface area contributed by atoms with Gasteiger partial charge in [0.1, 0.15) is 0 Å². The highest BCUT2D eigenvalue weighted by molar-refractivity contribution is 7.14. The van der Waals surface area contributed by atoms with E-state index in [0.717, 1.165) is 33.5 Å². The monoisotopic (exact) mass is 449 g/mol. The summed E-state index contributed by atoms with van der Waals surface area (Å²) in [4.78, 5) is 20.9. The Kier molecular flexibility index (Phi) is 6.09. The quantitative estimate of drug-likeness (QED) is 0.417. The van der Waals surface area contributed by atoms with E-state index in [1.54, 1.807) is 32.7 Å². The zero-order chi connectivity index (χ0) is 22.7. The molecule has 1 aromatic carbocycles. The number of methoxy groups -OCH3 is 2. The normalized spacial score (nSPS) is 10.7. The van der Waals surface area contributed by atoms with Crippen molar-refractivity contribution in [2.24, 2.45) is 5.73 Å². The van der Waals surface area contributed by atoms with Crippen molar-refractivity contribution in [1.29, 1.82) is 0 Å². The number of amides is 1. The number of carbonyl (C=O) groups excluding carboxylic acids is 1. The Bertz CT molecular complexity index is 1250. The van der Waals surface area contributed by atoms with Crippen LogP contribution in [0.2, 0.25) is 0 Å². The molecule has 32 heavy (non-hydrogen) atoms. The molecule has 0 saturated heterocycles. The maximum Gasteiger partial charge on any atom is 0.250 e. The molecule has 3 aromatic heterocycles. The maximum atomic E-state index is 12.0. The number of aromatic nitrogens is 3. The highest BCUT2D eigenvalue weighted by Gasteiger charge is 2.19. The molecular formula is C23H23N5O3S. The maximum absolute atomic E-state index is 12.0. The van der Waals surface area contributed by atoms with Crippen LogP contribution in [-0.2, 0) is 6.54 Å². The van der Waals surface area contributed by atoms with Crippen LogP contribution in [0.4, 0.5) is 10.8 Å². The first-order valence-electron chi connectivity index (χ1n) is 9.84. The van der Waals surface area contributed by atoms with Gasteiger partial charge in [0.15, 0.2) is 16.6 Å². The second kappa shape index (κ2) is 9.11. The molecule has 0 spiro atoms. The molecule has 3 N–H and O–H groups in total. The summed E-state index contributed by atoms with van der Waals surface area (Å²) in [7, 11) is 3.20. The lowest BCUT2D eigenvalue weighted by Gasteiger charge is -2.13. The highest BCUT2D eigenvalue weighted by atomic mass is 32.1. The molecule has 0 aliphatic rings. The number of nitrogens with zero attached hydrogens (tertiary/aromatic N) is 3. The van der Waals surface area contributed by atoms with Gasteiger partial charge in [0.05, 0.1) is 43.1 Å². The number of carbonyl (C=O) groups is 1. The van der Waals surface area contributed by atoms with E-state index in [2.05, 4.69) is 10.3 Å². The Morgan fingerprint density at radius 1 is 1.19 bits per heavy atom. The first kappa shape index (κ1) is 21.4. The third kappa shape index (κ3) is 4.28. The molecule has 1 amide bonds. The molecule has 4 aromatic rings. The Labute approximate surface area is 189 Å². The molecule has 4 rings (SSSR count). The van der Waals surface area contributed by atoms with E-state index in [1.807, 2.05) is 47.2 Å². The second-order valence-corrected chi connectivity index (χ2v) is 7.93. The van der Waals surface area contributed by atoms with E-state index in [-0.39, 0.29) is 0 Å². The van der Waals surface area contributed by atoms with Crippen molar-refractivity contribution in [1.82, 2.24) is 14.5 Å². The Morgan fingerprint density at radius 3 is 2.69 bits per heavy atom. The van der Waals surface area contributed by atoms with Crippen LogP contribution in [0, 0.1) is 6.92 Å². The van der Waals surface area contributed by atoms with Crippen molar-refractivity contribution in [2.75, 3.05) is 19.5 Å². The number of ether oxygens (including phenoxy) is 2. The van der Waals surface area contributed by atoms with Crippen molar-refractivity contribution in [3.63, 3.8) is 0 Å². The number of anilines is 2. The summed E-state index contributed by atoms with van der Waals surface area (Å²) in [6, 6.07) is 11.3. The van der Waals surface area contributed by atoms with Gasteiger partial charge in [0.25, 0.3) is 5.91 Å². The standard InChI is InChI=1S/C23H23N5O3S/c1-14-17(22(24)29)10-19(18-13-32-23(27-18)26-16-5-4-8-25-11-16)28(14)12-15-6-7-20(30-2)21(9-15)31-3/h4-11,13H,12H2,1-3H3,(H2,24,29)(H,26,27).